The molecule has 0 atom stereocenters. The van der Waals surface area contributed by atoms with Gasteiger partial charge in [0.15, 0.2) is 0 Å². The summed E-state index contributed by atoms with van der Waals surface area (Å²) < 4.78 is 13.9. The largest absolute Gasteiger partial charge is 0.316 e. The van der Waals surface area contributed by atoms with Crippen molar-refractivity contribution in [2.45, 2.75) is 16.5 Å². The maximum absolute atomic E-state index is 13.9. The lowest BCUT2D eigenvalue weighted by Crippen LogP contribution is -2.05. The Hall–Kier alpha value is -1.10. The standard InChI is InChI=1S/C13H12ClFN2S/c1-16-8-9-4-5-12(11(15)7-9)18-13-10(14)3-2-6-17-13/h2-7,16H,8H2,1H3. The second-order valence-corrected chi connectivity index (χ2v) is 5.13. The molecule has 0 saturated heterocycles. The molecule has 0 fully saturated rings. The Balaban J connectivity index is 2.22. The average molecular weight is 283 g/mol. The van der Waals surface area contributed by atoms with Crippen molar-refractivity contribution in [2.75, 3.05) is 7.05 Å². The second-order valence-electron chi connectivity index (χ2n) is 3.69. The summed E-state index contributed by atoms with van der Waals surface area (Å²) in [5.41, 5.74) is 0.909. The van der Waals surface area contributed by atoms with Gasteiger partial charge in [-0.1, -0.05) is 29.4 Å². The van der Waals surface area contributed by atoms with Crippen LogP contribution in [0.1, 0.15) is 5.56 Å². The molecule has 0 radical (unpaired) electrons. The molecule has 0 bridgehead atoms. The van der Waals surface area contributed by atoms with E-state index in [1.165, 1.54) is 17.8 Å². The first-order chi connectivity index (χ1) is 8.70. The van der Waals surface area contributed by atoms with Crippen LogP contribution in [0.3, 0.4) is 0 Å². The topological polar surface area (TPSA) is 24.9 Å². The van der Waals surface area contributed by atoms with E-state index in [1.807, 2.05) is 13.1 Å². The first-order valence-corrected chi connectivity index (χ1v) is 6.61. The van der Waals surface area contributed by atoms with Crippen molar-refractivity contribution < 1.29 is 4.39 Å². The Morgan fingerprint density at radius 3 is 2.89 bits per heavy atom. The van der Waals surface area contributed by atoms with Gasteiger partial charge in [-0.05, 0) is 36.9 Å². The minimum Gasteiger partial charge on any atom is -0.316 e. The highest BCUT2D eigenvalue weighted by Gasteiger charge is 2.08. The quantitative estimate of drug-likeness (QED) is 0.925. The summed E-state index contributed by atoms with van der Waals surface area (Å²) in [5, 5.41) is 4.12. The third-order valence-electron chi connectivity index (χ3n) is 2.31. The summed E-state index contributed by atoms with van der Waals surface area (Å²) >= 11 is 7.22. The maximum Gasteiger partial charge on any atom is 0.137 e. The van der Waals surface area contributed by atoms with Crippen LogP contribution in [0.5, 0.6) is 0 Å². The fourth-order valence-electron chi connectivity index (χ4n) is 1.49. The van der Waals surface area contributed by atoms with E-state index in [2.05, 4.69) is 10.3 Å². The van der Waals surface area contributed by atoms with Gasteiger partial charge >= 0.3 is 0 Å². The molecule has 1 aromatic heterocycles. The molecule has 0 spiro atoms. The molecule has 1 aromatic carbocycles. The Morgan fingerprint density at radius 2 is 2.22 bits per heavy atom. The minimum atomic E-state index is -0.255. The maximum atomic E-state index is 13.9. The van der Waals surface area contributed by atoms with E-state index >= 15 is 0 Å². The Kier molecular flexibility index (Phi) is 4.58. The van der Waals surface area contributed by atoms with Gasteiger partial charge in [-0.15, -0.1) is 0 Å². The summed E-state index contributed by atoms with van der Waals surface area (Å²) in [7, 11) is 1.83. The van der Waals surface area contributed by atoms with Gasteiger partial charge in [-0.25, -0.2) is 9.37 Å². The molecular formula is C13H12ClFN2S. The molecule has 1 N–H and O–H groups in total. The molecule has 2 rings (SSSR count). The number of aromatic nitrogens is 1. The van der Waals surface area contributed by atoms with Crippen molar-refractivity contribution in [2.24, 2.45) is 0 Å². The number of nitrogens with zero attached hydrogens (tertiary/aromatic N) is 1. The molecule has 94 valence electrons. The van der Waals surface area contributed by atoms with Crippen LogP contribution in [0, 0.1) is 5.82 Å². The first-order valence-electron chi connectivity index (χ1n) is 5.42. The fraction of sp³-hybridized carbons (Fsp3) is 0.154. The van der Waals surface area contributed by atoms with E-state index in [4.69, 9.17) is 11.6 Å². The number of nitrogens with one attached hydrogen (secondary N) is 1. The molecule has 0 saturated carbocycles. The lowest BCUT2D eigenvalue weighted by molar-refractivity contribution is 0.598. The van der Waals surface area contributed by atoms with Gasteiger partial charge in [0.2, 0.25) is 0 Å². The molecule has 2 nitrogen and oxygen atoms in total. The molecule has 18 heavy (non-hydrogen) atoms. The van der Waals surface area contributed by atoms with Gasteiger partial charge in [0, 0.05) is 17.6 Å². The van der Waals surface area contributed by atoms with Crippen molar-refractivity contribution in [1.29, 1.82) is 0 Å². The fourth-order valence-corrected chi connectivity index (χ4v) is 2.51. The predicted octanol–water partition coefficient (Wildman–Crippen LogP) is 3.74. The van der Waals surface area contributed by atoms with Gasteiger partial charge in [0.25, 0.3) is 0 Å². The lowest BCUT2D eigenvalue weighted by atomic mass is 10.2. The molecule has 0 amide bonds. The zero-order valence-corrected chi connectivity index (χ0v) is 11.4. The highest BCUT2D eigenvalue weighted by molar-refractivity contribution is 7.99. The van der Waals surface area contributed by atoms with Gasteiger partial charge in [-0.2, -0.15) is 0 Å². The number of hydrogen-bond acceptors (Lipinski definition) is 3. The summed E-state index contributed by atoms with van der Waals surface area (Å²) in [6.45, 7) is 0.645. The van der Waals surface area contributed by atoms with Crippen LogP contribution < -0.4 is 5.32 Å². The number of halogens is 2. The highest BCUT2D eigenvalue weighted by Crippen LogP contribution is 2.32. The third kappa shape index (κ3) is 3.22. The second kappa shape index (κ2) is 6.18. The van der Waals surface area contributed by atoms with E-state index in [0.29, 0.717) is 21.5 Å². The Labute approximate surface area is 115 Å². The predicted molar refractivity (Wildman–Crippen MR) is 72.5 cm³/mol. The van der Waals surface area contributed by atoms with Crippen molar-refractivity contribution in [1.82, 2.24) is 10.3 Å². The molecule has 1 heterocycles. The molecular weight excluding hydrogens is 271 g/mol. The zero-order chi connectivity index (χ0) is 13.0. The minimum absolute atomic E-state index is 0.255. The lowest BCUT2D eigenvalue weighted by Gasteiger charge is -2.06. The summed E-state index contributed by atoms with van der Waals surface area (Å²) in [6, 6.07) is 8.65. The smallest absolute Gasteiger partial charge is 0.137 e. The molecule has 2 aromatic rings. The van der Waals surface area contributed by atoms with Crippen LogP contribution in [0.2, 0.25) is 5.02 Å². The molecule has 0 aliphatic rings. The third-order valence-corrected chi connectivity index (χ3v) is 3.80. The van der Waals surface area contributed by atoms with Crippen LogP contribution in [0.25, 0.3) is 0 Å². The summed E-state index contributed by atoms with van der Waals surface area (Å²) in [5.74, 6) is -0.255. The van der Waals surface area contributed by atoms with E-state index < -0.39 is 0 Å². The van der Waals surface area contributed by atoms with Gasteiger partial charge in [-0.3, -0.25) is 0 Å². The molecule has 0 aliphatic heterocycles. The van der Waals surface area contributed by atoms with E-state index in [9.17, 15) is 4.39 Å². The van der Waals surface area contributed by atoms with Crippen LogP contribution in [-0.4, -0.2) is 12.0 Å². The molecule has 0 aliphatic carbocycles. The summed E-state index contributed by atoms with van der Waals surface area (Å²) in [4.78, 5) is 4.65. The van der Waals surface area contributed by atoms with Crippen LogP contribution in [0.15, 0.2) is 46.5 Å². The van der Waals surface area contributed by atoms with Crippen LogP contribution in [0.4, 0.5) is 4.39 Å². The number of pyridine rings is 1. The Bertz CT molecular complexity index is 548. The monoisotopic (exact) mass is 282 g/mol. The molecule has 0 unspecified atom stereocenters. The SMILES string of the molecule is CNCc1ccc(Sc2ncccc2Cl)c(F)c1. The number of hydrogen-bond donors (Lipinski definition) is 1. The first kappa shape index (κ1) is 13.3. The normalized spacial score (nSPS) is 10.6. The van der Waals surface area contributed by atoms with Crippen molar-refractivity contribution >= 4 is 23.4 Å². The van der Waals surface area contributed by atoms with Gasteiger partial charge in [0.1, 0.15) is 10.8 Å². The van der Waals surface area contributed by atoms with E-state index in [0.717, 1.165) is 5.56 Å². The van der Waals surface area contributed by atoms with Crippen molar-refractivity contribution in [3.05, 3.63) is 52.9 Å². The van der Waals surface area contributed by atoms with Crippen molar-refractivity contribution in [3.8, 4) is 0 Å². The van der Waals surface area contributed by atoms with Crippen LogP contribution >= 0.6 is 23.4 Å². The Morgan fingerprint density at radius 1 is 1.39 bits per heavy atom. The van der Waals surface area contributed by atoms with Gasteiger partial charge < -0.3 is 5.32 Å². The van der Waals surface area contributed by atoms with Crippen LogP contribution in [-0.2, 0) is 6.54 Å². The zero-order valence-electron chi connectivity index (χ0n) is 9.78. The highest BCUT2D eigenvalue weighted by atomic mass is 35.5. The number of benzene rings is 1. The van der Waals surface area contributed by atoms with Crippen molar-refractivity contribution in [3.63, 3.8) is 0 Å². The van der Waals surface area contributed by atoms with E-state index in [-0.39, 0.29) is 5.82 Å². The van der Waals surface area contributed by atoms with Gasteiger partial charge in [0.05, 0.1) is 5.02 Å². The van der Waals surface area contributed by atoms with E-state index in [1.54, 1.807) is 24.4 Å². The average Bonchev–Trinajstić information content (AvgIpc) is 2.35. The summed E-state index contributed by atoms with van der Waals surface area (Å²) in [6.07, 6.45) is 1.64. The molecule has 5 heteroatoms. The number of rotatable bonds is 4.